The van der Waals surface area contributed by atoms with Crippen LogP contribution in [0.2, 0.25) is 0 Å². The first kappa shape index (κ1) is 21.9. The molecule has 0 radical (unpaired) electrons. The second-order valence-electron chi connectivity index (χ2n) is 6.25. The van der Waals surface area contributed by atoms with Crippen LogP contribution in [-0.4, -0.2) is 39.4 Å². The Balaban J connectivity index is 1.99. The van der Waals surface area contributed by atoms with Crippen LogP contribution in [0.5, 0.6) is 0 Å². The highest BCUT2D eigenvalue weighted by Gasteiger charge is 2.25. The minimum absolute atomic E-state index is 0.00402. The molecule has 0 aliphatic heterocycles. The highest BCUT2D eigenvalue weighted by molar-refractivity contribution is 5.97. The summed E-state index contributed by atoms with van der Waals surface area (Å²) in [5.41, 5.74) is 4.19. The molecule has 5 N–H and O–H groups in total. The highest BCUT2D eigenvalue weighted by atomic mass is 16.5. The number of hydroxylamine groups is 1. The van der Waals surface area contributed by atoms with Gasteiger partial charge in [-0.2, -0.15) is 0 Å². The third-order valence-corrected chi connectivity index (χ3v) is 4.05. The number of hydrogen-bond donors (Lipinski definition) is 5. The van der Waals surface area contributed by atoms with E-state index in [4.69, 9.17) is 10.3 Å². The monoisotopic (exact) mass is 394 g/mol. The standard InChI is InChI=1S/C22H22N2O5/c1-15(26)20(22(28)24-29)23-21(27)19-12-10-17(11-13-19)5-3-2-4-16-6-8-18(14-25)9-7-16/h3,5-13,15,20,25-26,29H,14H2,1H3,(H,23,27)(H,24,28)/b5-3+/t15-,20+/m1/s1. The lowest BCUT2D eigenvalue weighted by molar-refractivity contribution is -0.133. The summed E-state index contributed by atoms with van der Waals surface area (Å²) < 4.78 is 0. The number of aliphatic hydroxyl groups excluding tert-OH is 2. The Morgan fingerprint density at radius 1 is 1.10 bits per heavy atom. The summed E-state index contributed by atoms with van der Waals surface area (Å²) in [6.07, 6.45) is 2.30. The highest BCUT2D eigenvalue weighted by Crippen LogP contribution is 2.08. The minimum Gasteiger partial charge on any atom is -0.392 e. The van der Waals surface area contributed by atoms with E-state index in [0.29, 0.717) is 5.56 Å². The van der Waals surface area contributed by atoms with Crippen molar-refractivity contribution < 1.29 is 25.0 Å². The zero-order chi connectivity index (χ0) is 21.2. The largest absolute Gasteiger partial charge is 0.392 e. The molecule has 150 valence electrons. The predicted octanol–water partition coefficient (Wildman–Crippen LogP) is 1.23. The van der Waals surface area contributed by atoms with Crippen LogP contribution >= 0.6 is 0 Å². The van der Waals surface area contributed by atoms with Gasteiger partial charge >= 0.3 is 0 Å². The maximum atomic E-state index is 12.2. The fraction of sp³-hybridized carbons (Fsp3) is 0.182. The Labute approximate surface area is 168 Å². The Morgan fingerprint density at radius 3 is 2.31 bits per heavy atom. The van der Waals surface area contributed by atoms with Crippen LogP contribution in [0.25, 0.3) is 6.08 Å². The smallest absolute Gasteiger partial charge is 0.268 e. The van der Waals surface area contributed by atoms with Gasteiger partial charge in [0.25, 0.3) is 11.8 Å². The van der Waals surface area contributed by atoms with Gasteiger partial charge in [0, 0.05) is 11.1 Å². The molecule has 0 saturated carbocycles. The van der Waals surface area contributed by atoms with Gasteiger partial charge in [-0.15, -0.1) is 0 Å². The quantitative estimate of drug-likeness (QED) is 0.287. The lowest BCUT2D eigenvalue weighted by Gasteiger charge is -2.19. The molecule has 0 spiro atoms. The van der Waals surface area contributed by atoms with E-state index in [-0.39, 0.29) is 6.61 Å². The summed E-state index contributed by atoms with van der Waals surface area (Å²) in [5, 5.41) is 29.6. The third kappa shape index (κ3) is 6.59. The van der Waals surface area contributed by atoms with Crippen molar-refractivity contribution in [3.05, 3.63) is 76.9 Å². The molecular weight excluding hydrogens is 372 g/mol. The normalized spacial score (nSPS) is 12.6. The Kier molecular flexibility index (Phi) is 8.12. The number of benzene rings is 2. The number of carbonyl (C=O) groups is 2. The average molecular weight is 394 g/mol. The van der Waals surface area contributed by atoms with Crippen LogP contribution < -0.4 is 10.8 Å². The van der Waals surface area contributed by atoms with E-state index < -0.39 is 24.0 Å². The van der Waals surface area contributed by atoms with Crippen molar-refractivity contribution in [1.29, 1.82) is 0 Å². The molecule has 2 atom stereocenters. The van der Waals surface area contributed by atoms with Gasteiger partial charge in [-0.3, -0.25) is 14.8 Å². The van der Waals surface area contributed by atoms with Crippen molar-refractivity contribution in [2.75, 3.05) is 0 Å². The van der Waals surface area contributed by atoms with Gasteiger partial charge in [-0.25, -0.2) is 5.48 Å². The van der Waals surface area contributed by atoms with Gasteiger partial charge < -0.3 is 15.5 Å². The summed E-state index contributed by atoms with van der Waals surface area (Å²) in [6.45, 7) is 1.33. The van der Waals surface area contributed by atoms with E-state index in [9.17, 15) is 14.7 Å². The van der Waals surface area contributed by atoms with Gasteiger partial charge in [0.1, 0.15) is 6.04 Å². The van der Waals surface area contributed by atoms with E-state index in [0.717, 1.165) is 16.7 Å². The van der Waals surface area contributed by atoms with Crippen LogP contribution in [-0.2, 0) is 11.4 Å². The summed E-state index contributed by atoms with van der Waals surface area (Å²) in [5.74, 6) is 4.43. The van der Waals surface area contributed by atoms with Gasteiger partial charge in [0.2, 0.25) is 0 Å². The van der Waals surface area contributed by atoms with E-state index >= 15 is 0 Å². The summed E-state index contributed by atoms with van der Waals surface area (Å²) in [4.78, 5) is 23.7. The molecule has 0 heterocycles. The van der Waals surface area contributed by atoms with E-state index in [2.05, 4.69) is 17.2 Å². The van der Waals surface area contributed by atoms with Crippen LogP contribution in [0.3, 0.4) is 0 Å². The number of allylic oxidation sites excluding steroid dienone is 1. The maximum absolute atomic E-state index is 12.2. The fourth-order valence-corrected chi connectivity index (χ4v) is 2.40. The lowest BCUT2D eigenvalue weighted by Crippen LogP contribution is -2.51. The summed E-state index contributed by atoms with van der Waals surface area (Å²) in [6, 6.07) is 12.6. The molecule has 29 heavy (non-hydrogen) atoms. The molecule has 2 aromatic carbocycles. The van der Waals surface area contributed by atoms with E-state index in [1.165, 1.54) is 12.4 Å². The number of carbonyl (C=O) groups excluding carboxylic acids is 2. The maximum Gasteiger partial charge on any atom is 0.268 e. The summed E-state index contributed by atoms with van der Waals surface area (Å²) >= 11 is 0. The van der Waals surface area contributed by atoms with Crippen LogP contribution in [0.1, 0.15) is 34.0 Å². The molecular formula is C22H22N2O5. The number of rotatable bonds is 6. The van der Waals surface area contributed by atoms with Crippen molar-refractivity contribution in [3.63, 3.8) is 0 Å². The predicted molar refractivity (Wildman–Crippen MR) is 108 cm³/mol. The van der Waals surface area contributed by atoms with Crippen LogP contribution in [0.4, 0.5) is 0 Å². The van der Waals surface area contributed by atoms with Crippen molar-refractivity contribution in [3.8, 4) is 11.8 Å². The van der Waals surface area contributed by atoms with Crippen molar-refractivity contribution in [2.45, 2.75) is 25.7 Å². The van der Waals surface area contributed by atoms with Crippen LogP contribution in [0, 0.1) is 11.8 Å². The van der Waals surface area contributed by atoms with Gasteiger partial charge in [-0.1, -0.05) is 36.1 Å². The van der Waals surface area contributed by atoms with E-state index in [1.807, 2.05) is 24.3 Å². The zero-order valence-electron chi connectivity index (χ0n) is 15.8. The van der Waals surface area contributed by atoms with Crippen molar-refractivity contribution >= 4 is 17.9 Å². The first-order valence-electron chi connectivity index (χ1n) is 8.85. The van der Waals surface area contributed by atoms with E-state index in [1.54, 1.807) is 36.4 Å². The molecule has 0 saturated heterocycles. The Morgan fingerprint density at radius 2 is 1.76 bits per heavy atom. The van der Waals surface area contributed by atoms with Gasteiger partial charge in [0.05, 0.1) is 12.7 Å². The zero-order valence-corrected chi connectivity index (χ0v) is 15.8. The molecule has 0 aromatic heterocycles. The number of hydrogen-bond acceptors (Lipinski definition) is 5. The molecule has 7 nitrogen and oxygen atoms in total. The fourth-order valence-electron chi connectivity index (χ4n) is 2.40. The minimum atomic E-state index is -1.27. The molecule has 0 bridgehead atoms. The average Bonchev–Trinajstić information content (AvgIpc) is 2.75. The molecule has 7 heteroatoms. The Bertz CT molecular complexity index is 922. The number of aliphatic hydroxyl groups is 2. The molecule has 0 fully saturated rings. The first-order chi connectivity index (χ1) is 13.9. The second kappa shape index (κ2) is 10.8. The van der Waals surface area contributed by atoms with Crippen molar-refractivity contribution in [1.82, 2.24) is 10.8 Å². The lowest BCUT2D eigenvalue weighted by atomic mass is 10.1. The number of amides is 2. The molecule has 0 unspecified atom stereocenters. The molecule has 2 rings (SSSR count). The first-order valence-corrected chi connectivity index (χ1v) is 8.85. The van der Waals surface area contributed by atoms with Gasteiger partial charge in [0.15, 0.2) is 0 Å². The SMILES string of the molecule is C[C@@H](O)[C@H](NC(=O)c1ccc(/C=C/C#Cc2ccc(CO)cc2)cc1)C(=O)NO. The number of nitrogens with one attached hydrogen (secondary N) is 2. The Hall–Kier alpha value is -3.44. The summed E-state index contributed by atoms with van der Waals surface area (Å²) in [7, 11) is 0. The van der Waals surface area contributed by atoms with Crippen molar-refractivity contribution in [2.24, 2.45) is 0 Å². The topological polar surface area (TPSA) is 119 Å². The van der Waals surface area contributed by atoms with Gasteiger partial charge in [-0.05, 0) is 54.5 Å². The van der Waals surface area contributed by atoms with Crippen LogP contribution in [0.15, 0.2) is 54.6 Å². The third-order valence-electron chi connectivity index (χ3n) is 4.05. The molecule has 0 aliphatic carbocycles. The second-order valence-corrected chi connectivity index (χ2v) is 6.25. The molecule has 2 amide bonds. The molecule has 2 aromatic rings. The molecule has 0 aliphatic rings.